The predicted molar refractivity (Wildman–Crippen MR) is 59.0 cm³/mol. The number of hydrogen-bond acceptors (Lipinski definition) is 2. The molecular formula is C12H13FN2. The summed E-state index contributed by atoms with van der Waals surface area (Å²) in [6.45, 7) is 6.48. The molecular weight excluding hydrogens is 191 g/mol. The van der Waals surface area contributed by atoms with Crippen LogP contribution in [0.5, 0.6) is 0 Å². The first-order valence-electron chi connectivity index (χ1n) is 4.71. The van der Waals surface area contributed by atoms with Gasteiger partial charge in [-0.15, -0.1) is 6.58 Å². The maximum absolute atomic E-state index is 13.0. The van der Waals surface area contributed by atoms with E-state index in [4.69, 9.17) is 5.26 Å². The molecule has 0 aliphatic carbocycles. The standard InChI is InChI=1S/C12H13FN2/c1-9(2)5-6-15-11-3-4-12(13)10(7-11)8-14/h3-4,7,15H,1,5-6H2,2H3. The van der Waals surface area contributed by atoms with Crippen molar-refractivity contribution in [3.63, 3.8) is 0 Å². The molecule has 0 bridgehead atoms. The summed E-state index contributed by atoms with van der Waals surface area (Å²) in [7, 11) is 0. The van der Waals surface area contributed by atoms with Crippen molar-refractivity contribution in [3.8, 4) is 6.07 Å². The Balaban J connectivity index is 2.63. The number of nitrogens with one attached hydrogen (secondary N) is 1. The Morgan fingerprint density at radius 3 is 2.93 bits per heavy atom. The first-order valence-corrected chi connectivity index (χ1v) is 4.71. The molecule has 78 valence electrons. The van der Waals surface area contributed by atoms with Crippen LogP contribution in [0.3, 0.4) is 0 Å². The fraction of sp³-hybridized carbons (Fsp3) is 0.250. The highest BCUT2D eigenvalue weighted by molar-refractivity contribution is 5.49. The first kappa shape index (κ1) is 11.3. The summed E-state index contributed by atoms with van der Waals surface area (Å²) in [5.41, 5.74) is 1.91. The second kappa shape index (κ2) is 5.16. The molecule has 1 rings (SSSR count). The third-order valence-corrected chi connectivity index (χ3v) is 1.97. The quantitative estimate of drug-likeness (QED) is 0.765. The Kier molecular flexibility index (Phi) is 3.87. The third-order valence-electron chi connectivity index (χ3n) is 1.97. The summed E-state index contributed by atoms with van der Waals surface area (Å²) in [5, 5.41) is 11.7. The molecule has 1 aromatic rings. The lowest BCUT2D eigenvalue weighted by molar-refractivity contribution is 0.624. The molecule has 0 aliphatic heterocycles. The van der Waals surface area contributed by atoms with Crippen molar-refractivity contribution < 1.29 is 4.39 Å². The summed E-state index contributed by atoms with van der Waals surface area (Å²) in [5.74, 6) is -0.483. The number of halogens is 1. The van der Waals surface area contributed by atoms with Crippen LogP contribution in [0.1, 0.15) is 18.9 Å². The molecule has 0 spiro atoms. The Morgan fingerprint density at radius 2 is 2.33 bits per heavy atom. The van der Waals surface area contributed by atoms with Crippen LogP contribution in [0.15, 0.2) is 30.4 Å². The van der Waals surface area contributed by atoms with Crippen LogP contribution in [-0.4, -0.2) is 6.54 Å². The summed E-state index contributed by atoms with van der Waals surface area (Å²) >= 11 is 0. The fourth-order valence-corrected chi connectivity index (χ4v) is 1.14. The van der Waals surface area contributed by atoms with E-state index in [1.54, 1.807) is 12.1 Å². The molecule has 15 heavy (non-hydrogen) atoms. The highest BCUT2D eigenvalue weighted by Gasteiger charge is 2.01. The molecule has 0 atom stereocenters. The molecule has 0 aliphatic rings. The highest BCUT2D eigenvalue weighted by Crippen LogP contribution is 2.14. The fourth-order valence-electron chi connectivity index (χ4n) is 1.14. The molecule has 0 amide bonds. The van der Waals surface area contributed by atoms with Crippen LogP contribution in [0.25, 0.3) is 0 Å². The van der Waals surface area contributed by atoms with Crippen LogP contribution in [0, 0.1) is 17.1 Å². The zero-order chi connectivity index (χ0) is 11.3. The monoisotopic (exact) mass is 204 g/mol. The average Bonchev–Trinajstić information content (AvgIpc) is 2.20. The minimum absolute atomic E-state index is 0.0651. The average molecular weight is 204 g/mol. The molecule has 0 saturated carbocycles. The smallest absolute Gasteiger partial charge is 0.141 e. The van der Waals surface area contributed by atoms with Gasteiger partial charge in [-0.1, -0.05) is 5.57 Å². The first-order chi connectivity index (χ1) is 7.13. The van der Waals surface area contributed by atoms with Gasteiger partial charge in [0.2, 0.25) is 0 Å². The maximum atomic E-state index is 13.0. The Morgan fingerprint density at radius 1 is 1.60 bits per heavy atom. The largest absolute Gasteiger partial charge is 0.385 e. The lowest BCUT2D eigenvalue weighted by Gasteiger charge is -2.06. The van der Waals surface area contributed by atoms with Gasteiger partial charge in [0.15, 0.2) is 0 Å². The van der Waals surface area contributed by atoms with Gasteiger partial charge in [-0.3, -0.25) is 0 Å². The zero-order valence-electron chi connectivity index (χ0n) is 8.68. The van der Waals surface area contributed by atoms with Gasteiger partial charge < -0.3 is 5.32 Å². The van der Waals surface area contributed by atoms with Crippen molar-refractivity contribution in [2.75, 3.05) is 11.9 Å². The van der Waals surface area contributed by atoms with Gasteiger partial charge in [-0.25, -0.2) is 4.39 Å². The van der Waals surface area contributed by atoms with Crippen molar-refractivity contribution >= 4 is 5.69 Å². The number of benzene rings is 1. The minimum Gasteiger partial charge on any atom is -0.385 e. The molecule has 2 nitrogen and oxygen atoms in total. The van der Waals surface area contributed by atoms with Crippen LogP contribution >= 0.6 is 0 Å². The second-order valence-electron chi connectivity index (χ2n) is 3.44. The third kappa shape index (κ3) is 3.43. The van der Waals surface area contributed by atoms with Gasteiger partial charge in [0.05, 0.1) is 5.56 Å². The van der Waals surface area contributed by atoms with Gasteiger partial charge in [-0.05, 0) is 31.5 Å². The van der Waals surface area contributed by atoms with E-state index in [-0.39, 0.29) is 5.56 Å². The van der Waals surface area contributed by atoms with Crippen molar-refractivity contribution in [2.24, 2.45) is 0 Å². The topological polar surface area (TPSA) is 35.8 Å². The summed E-state index contributed by atoms with van der Waals surface area (Å²) < 4.78 is 13.0. The number of hydrogen-bond donors (Lipinski definition) is 1. The molecule has 1 aromatic carbocycles. The number of rotatable bonds is 4. The van der Waals surface area contributed by atoms with Crippen LogP contribution in [0.4, 0.5) is 10.1 Å². The van der Waals surface area contributed by atoms with Gasteiger partial charge in [0.25, 0.3) is 0 Å². The van der Waals surface area contributed by atoms with E-state index in [9.17, 15) is 4.39 Å². The molecule has 0 saturated heterocycles. The lowest BCUT2D eigenvalue weighted by Crippen LogP contribution is -2.02. The Labute approximate surface area is 89.0 Å². The zero-order valence-corrected chi connectivity index (χ0v) is 8.68. The van der Waals surface area contributed by atoms with Crippen LogP contribution < -0.4 is 5.32 Å². The van der Waals surface area contributed by atoms with Crippen molar-refractivity contribution in [1.29, 1.82) is 5.26 Å². The van der Waals surface area contributed by atoms with Gasteiger partial charge in [0, 0.05) is 12.2 Å². The summed E-state index contributed by atoms with van der Waals surface area (Å²) in [4.78, 5) is 0. The number of nitriles is 1. The maximum Gasteiger partial charge on any atom is 0.141 e. The van der Waals surface area contributed by atoms with E-state index < -0.39 is 5.82 Å². The summed E-state index contributed by atoms with van der Waals surface area (Å²) in [6, 6.07) is 6.22. The van der Waals surface area contributed by atoms with Gasteiger partial charge in [-0.2, -0.15) is 5.26 Å². The van der Waals surface area contributed by atoms with E-state index in [1.807, 2.05) is 6.92 Å². The Bertz CT molecular complexity index is 405. The minimum atomic E-state index is -0.483. The summed E-state index contributed by atoms with van der Waals surface area (Å²) in [6.07, 6.45) is 0.860. The number of nitrogens with zero attached hydrogens (tertiary/aromatic N) is 1. The Hall–Kier alpha value is -1.82. The van der Waals surface area contributed by atoms with Gasteiger partial charge in [0.1, 0.15) is 11.9 Å². The normalized spacial score (nSPS) is 9.40. The molecule has 1 N–H and O–H groups in total. The number of anilines is 1. The van der Waals surface area contributed by atoms with Crippen molar-refractivity contribution in [1.82, 2.24) is 0 Å². The van der Waals surface area contributed by atoms with E-state index in [0.29, 0.717) is 0 Å². The van der Waals surface area contributed by atoms with Crippen LogP contribution in [-0.2, 0) is 0 Å². The molecule has 0 fully saturated rings. The second-order valence-corrected chi connectivity index (χ2v) is 3.44. The highest BCUT2D eigenvalue weighted by atomic mass is 19.1. The molecule has 0 unspecified atom stereocenters. The molecule has 0 heterocycles. The SMILES string of the molecule is C=C(C)CCNc1ccc(F)c(C#N)c1. The van der Waals surface area contributed by atoms with Gasteiger partial charge >= 0.3 is 0 Å². The molecule has 3 heteroatoms. The van der Waals surface area contributed by atoms with E-state index in [0.717, 1.165) is 24.2 Å². The van der Waals surface area contributed by atoms with Crippen molar-refractivity contribution in [3.05, 3.63) is 41.7 Å². The predicted octanol–water partition coefficient (Wildman–Crippen LogP) is 3.08. The van der Waals surface area contributed by atoms with E-state index in [1.165, 1.54) is 12.1 Å². The molecule has 0 radical (unpaired) electrons. The molecule has 0 aromatic heterocycles. The van der Waals surface area contributed by atoms with E-state index in [2.05, 4.69) is 11.9 Å². The van der Waals surface area contributed by atoms with Crippen molar-refractivity contribution in [2.45, 2.75) is 13.3 Å². The van der Waals surface area contributed by atoms with Crippen LogP contribution in [0.2, 0.25) is 0 Å². The van der Waals surface area contributed by atoms with E-state index >= 15 is 0 Å². The lowest BCUT2D eigenvalue weighted by atomic mass is 10.2.